The third-order valence-corrected chi connectivity index (χ3v) is 4.56. The van der Waals surface area contributed by atoms with Crippen molar-refractivity contribution in [1.82, 2.24) is 30.0 Å². The standard InChI is InChI=1S/C17H20N6O2S/c1-10(13(24)21-17(2,3)4)26-16-20-12-8-6-5-7-11(12)14(25)23(16)15-18-9-19-22-15/h5-10H,1-4H3,(H,21,24)(H,18,19,22)/t10-/m0/s1. The number of amides is 1. The number of para-hydroxylation sites is 1. The summed E-state index contributed by atoms with van der Waals surface area (Å²) in [6.45, 7) is 7.53. The molecule has 1 aromatic carbocycles. The Bertz CT molecular complexity index is 991. The Morgan fingerprint density at radius 3 is 2.69 bits per heavy atom. The van der Waals surface area contributed by atoms with Gasteiger partial charge in [-0.3, -0.25) is 9.59 Å². The van der Waals surface area contributed by atoms with E-state index in [-0.39, 0.29) is 23.0 Å². The lowest BCUT2D eigenvalue weighted by atomic mass is 10.1. The molecular weight excluding hydrogens is 352 g/mol. The number of aromatic nitrogens is 5. The molecule has 1 amide bonds. The number of hydrogen-bond donors (Lipinski definition) is 2. The molecule has 0 aliphatic heterocycles. The van der Waals surface area contributed by atoms with E-state index in [9.17, 15) is 9.59 Å². The maximum Gasteiger partial charge on any atom is 0.269 e. The molecule has 0 unspecified atom stereocenters. The third kappa shape index (κ3) is 3.77. The second-order valence-electron chi connectivity index (χ2n) is 6.86. The Balaban J connectivity index is 2.06. The Hall–Kier alpha value is -2.68. The van der Waals surface area contributed by atoms with Crippen LogP contribution in [0.4, 0.5) is 0 Å². The van der Waals surface area contributed by atoms with E-state index in [4.69, 9.17) is 0 Å². The molecular formula is C17H20N6O2S. The van der Waals surface area contributed by atoms with Gasteiger partial charge in [-0.1, -0.05) is 23.9 Å². The molecule has 2 aromatic heterocycles. The number of fused-ring (bicyclic) bond motifs is 1. The van der Waals surface area contributed by atoms with Crippen molar-refractivity contribution in [3.05, 3.63) is 40.9 Å². The fraction of sp³-hybridized carbons (Fsp3) is 0.353. The van der Waals surface area contributed by atoms with E-state index in [0.29, 0.717) is 16.1 Å². The first-order valence-electron chi connectivity index (χ1n) is 8.12. The highest BCUT2D eigenvalue weighted by molar-refractivity contribution is 8.00. The van der Waals surface area contributed by atoms with Crippen LogP contribution in [0.25, 0.3) is 16.9 Å². The Morgan fingerprint density at radius 2 is 2.04 bits per heavy atom. The normalized spacial score (nSPS) is 12.9. The zero-order chi connectivity index (χ0) is 18.9. The zero-order valence-corrected chi connectivity index (χ0v) is 15.8. The molecule has 0 spiro atoms. The van der Waals surface area contributed by atoms with E-state index >= 15 is 0 Å². The maximum absolute atomic E-state index is 12.9. The highest BCUT2D eigenvalue weighted by Gasteiger charge is 2.23. The lowest BCUT2D eigenvalue weighted by Crippen LogP contribution is -2.44. The SMILES string of the molecule is C[C@H](Sc1nc2ccccc2c(=O)n1-c1ncn[nH]1)C(=O)NC(C)(C)C. The van der Waals surface area contributed by atoms with E-state index in [2.05, 4.69) is 25.5 Å². The molecule has 1 atom stereocenters. The van der Waals surface area contributed by atoms with Gasteiger partial charge in [0.2, 0.25) is 11.9 Å². The summed E-state index contributed by atoms with van der Waals surface area (Å²) in [5, 5.41) is 9.84. The molecule has 26 heavy (non-hydrogen) atoms. The lowest BCUT2D eigenvalue weighted by Gasteiger charge is -2.23. The molecule has 0 aliphatic rings. The summed E-state index contributed by atoms with van der Waals surface area (Å²) in [4.78, 5) is 34.0. The number of rotatable bonds is 4. The van der Waals surface area contributed by atoms with Gasteiger partial charge in [-0.25, -0.2) is 14.6 Å². The number of nitrogens with zero attached hydrogens (tertiary/aromatic N) is 4. The van der Waals surface area contributed by atoms with Crippen molar-refractivity contribution in [2.45, 2.75) is 43.6 Å². The van der Waals surface area contributed by atoms with E-state index in [1.807, 2.05) is 26.8 Å². The van der Waals surface area contributed by atoms with Gasteiger partial charge in [-0.05, 0) is 39.8 Å². The minimum atomic E-state index is -0.448. The summed E-state index contributed by atoms with van der Waals surface area (Å²) in [7, 11) is 0. The minimum Gasteiger partial charge on any atom is -0.351 e. The second-order valence-corrected chi connectivity index (χ2v) is 8.17. The highest BCUT2D eigenvalue weighted by Crippen LogP contribution is 2.24. The predicted molar refractivity (Wildman–Crippen MR) is 100 cm³/mol. The summed E-state index contributed by atoms with van der Waals surface area (Å²) in [5.74, 6) is 0.133. The van der Waals surface area contributed by atoms with Crippen molar-refractivity contribution in [2.75, 3.05) is 0 Å². The predicted octanol–water partition coefficient (Wildman–Crippen LogP) is 1.90. The van der Waals surface area contributed by atoms with E-state index in [1.54, 1.807) is 25.1 Å². The van der Waals surface area contributed by atoms with Gasteiger partial charge in [0, 0.05) is 5.54 Å². The highest BCUT2D eigenvalue weighted by atomic mass is 32.2. The van der Waals surface area contributed by atoms with Crippen LogP contribution in [-0.4, -0.2) is 41.4 Å². The van der Waals surface area contributed by atoms with Crippen LogP contribution in [0, 0.1) is 0 Å². The lowest BCUT2D eigenvalue weighted by molar-refractivity contribution is -0.121. The first-order valence-corrected chi connectivity index (χ1v) is 9.00. The van der Waals surface area contributed by atoms with Gasteiger partial charge in [0.25, 0.3) is 5.56 Å². The van der Waals surface area contributed by atoms with Crippen LogP contribution in [0.15, 0.2) is 40.5 Å². The number of H-pyrrole nitrogens is 1. The minimum absolute atomic E-state index is 0.131. The van der Waals surface area contributed by atoms with Crippen LogP contribution in [0.2, 0.25) is 0 Å². The molecule has 9 heteroatoms. The molecule has 0 radical (unpaired) electrons. The second kappa shape index (κ2) is 6.91. The molecule has 3 aromatic rings. The fourth-order valence-electron chi connectivity index (χ4n) is 2.37. The van der Waals surface area contributed by atoms with Crippen LogP contribution in [0.5, 0.6) is 0 Å². The number of nitrogens with one attached hydrogen (secondary N) is 2. The monoisotopic (exact) mass is 372 g/mol. The van der Waals surface area contributed by atoms with Crippen LogP contribution >= 0.6 is 11.8 Å². The number of benzene rings is 1. The van der Waals surface area contributed by atoms with Gasteiger partial charge in [0.15, 0.2) is 5.16 Å². The van der Waals surface area contributed by atoms with Crippen LogP contribution < -0.4 is 10.9 Å². The number of carbonyl (C=O) groups excluding carboxylic acids is 1. The maximum atomic E-state index is 12.9. The fourth-order valence-corrected chi connectivity index (χ4v) is 3.28. The first kappa shape index (κ1) is 18.1. The Kier molecular flexibility index (Phi) is 4.82. The third-order valence-electron chi connectivity index (χ3n) is 3.51. The number of carbonyl (C=O) groups is 1. The summed E-state index contributed by atoms with van der Waals surface area (Å²) in [5.41, 5.74) is -0.0367. The van der Waals surface area contributed by atoms with Crippen molar-refractivity contribution in [3.63, 3.8) is 0 Å². The first-order chi connectivity index (χ1) is 12.3. The molecule has 2 heterocycles. The van der Waals surface area contributed by atoms with Gasteiger partial charge in [0.05, 0.1) is 16.2 Å². The van der Waals surface area contributed by atoms with Gasteiger partial charge in [-0.15, -0.1) is 0 Å². The molecule has 0 saturated carbocycles. The molecule has 136 valence electrons. The number of hydrogen-bond acceptors (Lipinski definition) is 6. The van der Waals surface area contributed by atoms with Gasteiger partial charge >= 0.3 is 0 Å². The number of thioether (sulfide) groups is 1. The molecule has 0 bridgehead atoms. The van der Waals surface area contributed by atoms with Gasteiger partial charge in [-0.2, -0.15) is 10.1 Å². The van der Waals surface area contributed by atoms with E-state index < -0.39 is 5.25 Å². The smallest absolute Gasteiger partial charge is 0.269 e. The largest absolute Gasteiger partial charge is 0.351 e. The Morgan fingerprint density at radius 1 is 1.31 bits per heavy atom. The molecule has 3 rings (SSSR count). The molecule has 0 aliphatic carbocycles. The summed E-state index contributed by atoms with van der Waals surface area (Å²) in [6, 6.07) is 7.08. The van der Waals surface area contributed by atoms with Crippen molar-refractivity contribution < 1.29 is 4.79 Å². The van der Waals surface area contributed by atoms with E-state index in [0.717, 1.165) is 0 Å². The van der Waals surface area contributed by atoms with Crippen molar-refractivity contribution in [3.8, 4) is 5.95 Å². The van der Waals surface area contributed by atoms with Crippen molar-refractivity contribution in [1.29, 1.82) is 0 Å². The average Bonchev–Trinajstić information content (AvgIpc) is 3.07. The molecule has 8 nitrogen and oxygen atoms in total. The molecule has 2 N–H and O–H groups in total. The van der Waals surface area contributed by atoms with Crippen molar-refractivity contribution >= 4 is 28.6 Å². The average molecular weight is 372 g/mol. The quantitative estimate of drug-likeness (QED) is 0.535. The van der Waals surface area contributed by atoms with Crippen LogP contribution in [-0.2, 0) is 4.79 Å². The zero-order valence-electron chi connectivity index (χ0n) is 15.0. The number of aromatic amines is 1. The summed E-state index contributed by atoms with van der Waals surface area (Å²) in [6.07, 6.45) is 1.32. The summed E-state index contributed by atoms with van der Waals surface area (Å²) >= 11 is 1.20. The van der Waals surface area contributed by atoms with Crippen LogP contribution in [0.1, 0.15) is 27.7 Å². The molecule has 0 saturated heterocycles. The van der Waals surface area contributed by atoms with Gasteiger partial charge in [0.1, 0.15) is 6.33 Å². The Labute approximate surface area is 154 Å². The molecule has 0 fully saturated rings. The summed E-state index contributed by atoms with van der Waals surface area (Å²) < 4.78 is 1.35. The van der Waals surface area contributed by atoms with Crippen molar-refractivity contribution in [2.24, 2.45) is 0 Å². The van der Waals surface area contributed by atoms with Crippen LogP contribution in [0.3, 0.4) is 0 Å². The van der Waals surface area contributed by atoms with Gasteiger partial charge < -0.3 is 5.32 Å². The topological polar surface area (TPSA) is 106 Å². The van der Waals surface area contributed by atoms with E-state index in [1.165, 1.54) is 22.7 Å².